The Morgan fingerprint density at radius 1 is 0.773 bits per heavy atom. The van der Waals surface area contributed by atoms with Gasteiger partial charge < -0.3 is 0 Å². The molecular formula is C20H26N2. The first-order chi connectivity index (χ1) is 9.60. The molecule has 0 atom stereocenters. The smallest absolute Gasteiger partial charge is 0.0634 e. The van der Waals surface area contributed by atoms with Gasteiger partial charge in [-0.2, -0.15) is 0 Å². The molecule has 2 aromatic carbocycles. The van der Waals surface area contributed by atoms with Gasteiger partial charge in [0, 0.05) is 5.71 Å². The van der Waals surface area contributed by atoms with Crippen LogP contribution in [0.5, 0.6) is 0 Å². The fourth-order valence-corrected chi connectivity index (χ4v) is 1.89. The van der Waals surface area contributed by atoms with Crippen LogP contribution in [0.4, 0.5) is 11.4 Å². The van der Waals surface area contributed by atoms with Crippen molar-refractivity contribution in [1.82, 2.24) is 0 Å². The summed E-state index contributed by atoms with van der Waals surface area (Å²) in [6.45, 7) is 11.5. The fraction of sp³-hybridized carbons (Fsp3) is 0.200. The minimum atomic E-state index is 0. The van der Waals surface area contributed by atoms with E-state index in [0.717, 1.165) is 33.8 Å². The van der Waals surface area contributed by atoms with Gasteiger partial charge in [-0.05, 0) is 56.0 Å². The maximum atomic E-state index is 4.61. The quantitative estimate of drug-likeness (QED) is 0.578. The van der Waals surface area contributed by atoms with Crippen LogP contribution in [-0.4, -0.2) is 12.4 Å². The third kappa shape index (κ3) is 4.81. The molecule has 22 heavy (non-hydrogen) atoms. The van der Waals surface area contributed by atoms with Crippen molar-refractivity contribution in [2.45, 2.75) is 28.7 Å². The van der Waals surface area contributed by atoms with Crippen molar-refractivity contribution in [2.24, 2.45) is 9.98 Å². The van der Waals surface area contributed by atoms with Crippen LogP contribution in [-0.2, 0) is 0 Å². The zero-order valence-electron chi connectivity index (χ0n) is 11.9. The summed E-state index contributed by atoms with van der Waals surface area (Å²) >= 11 is 0. The van der Waals surface area contributed by atoms with Gasteiger partial charge in [-0.1, -0.05) is 51.3 Å². The van der Waals surface area contributed by atoms with E-state index in [0.29, 0.717) is 0 Å². The van der Waals surface area contributed by atoms with E-state index >= 15 is 0 Å². The van der Waals surface area contributed by atoms with Crippen molar-refractivity contribution in [1.29, 1.82) is 0 Å². The van der Waals surface area contributed by atoms with Crippen molar-refractivity contribution < 1.29 is 0 Å². The summed E-state index contributed by atoms with van der Waals surface area (Å²) < 4.78 is 0. The van der Waals surface area contributed by atoms with Gasteiger partial charge in [0.25, 0.3) is 0 Å². The van der Waals surface area contributed by atoms with Crippen LogP contribution in [0.25, 0.3) is 5.57 Å². The van der Waals surface area contributed by atoms with Crippen molar-refractivity contribution in [3.8, 4) is 0 Å². The van der Waals surface area contributed by atoms with Gasteiger partial charge in [-0.15, -0.1) is 0 Å². The third-order valence-corrected chi connectivity index (χ3v) is 3.12. The van der Waals surface area contributed by atoms with Crippen LogP contribution < -0.4 is 0 Å². The molecule has 116 valence electrons. The van der Waals surface area contributed by atoms with E-state index in [1.54, 1.807) is 0 Å². The minimum absolute atomic E-state index is 0. The van der Waals surface area contributed by atoms with Gasteiger partial charge in [-0.3, -0.25) is 9.98 Å². The predicted molar refractivity (Wildman–Crippen MR) is 102 cm³/mol. The first kappa shape index (κ1) is 19.5. The number of nitrogens with zero attached hydrogens (tertiary/aromatic N) is 2. The largest absolute Gasteiger partial charge is 0.265 e. The maximum absolute atomic E-state index is 4.61. The van der Waals surface area contributed by atoms with Crippen LogP contribution >= 0.6 is 0 Å². The molecule has 0 spiro atoms. The van der Waals surface area contributed by atoms with Gasteiger partial charge in [-0.25, -0.2) is 0 Å². The van der Waals surface area contributed by atoms with Gasteiger partial charge in [0.05, 0.1) is 11.4 Å². The fourth-order valence-electron chi connectivity index (χ4n) is 1.89. The minimum Gasteiger partial charge on any atom is -0.265 e. The van der Waals surface area contributed by atoms with Crippen LogP contribution in [0.1, 0.15) is 39.8 Å². The lowest BCUT2D eigenvalue weighted by molar-refractivity contribution is 1.45. The number of aliphatic imine (C=N–C) groups is 2. The molecule has 0 amide bonds. The Bertz CT molecular complexity index is 647. The van der Waals surface area contributed by atoms with Crippen LogP contribution in [0.3, 0.4) is 0 Å². The molecule has 0 saturated carbocycles. The molecule has 0 N–H and O–H groups in total. The highest BCUT2D eigenvalue weighted by atomic mass is 14.7. The molecule has 0 bridgehead atoms. The molecule has 0 aromatic heterocycles. The molecule has 0 aliphatic heterocycles. The standard InChI is InChI=1S/C18H18N2.2CH4/c1-13(2)15-5-7-16(8-6-15)14(3)20-18-11-9-17(19-4)10-12-18;;/h5-12H,1,4H2,2-3H3;2*1H4. The molecule has 0 aliphatic rings. The topological polar surface area (TPSA) is 24.7 Å². The Labute approximate surface area is 135 Å². The summed E-state index contributed by atoms with van der Waals surface area (Å²) in [7, 11) is 0. The summed E-state index contributed by atoms with van der Waals surface area (Å²) in [6.07, 6.45) is 0. The normalized spacial score (nSPS) is 10.2. The Morgan fingerprint density at radius 3 is 1.68 bits per heavy atom. The van der Waals surface area contributed by atoms with Crippen molar-refractivity contribution >= 4 is 29.4 Å². The van der Waals surface area contributed by atoms with E-state index in [-0.39, 0.29) is 14.9 Å². The monoisotopic (exact) mass is 294 g/mol. The Hall–Kier alpha value is -2.48. The van der Waals surface area contributed by atoms with E-state index in [4.69, 9.17) is 0 Å². The van der Waals surface area contributed by atoms with Gasteiger partial charge in [0.2, 0.25) is 0 Å². The number of benzene rings is 2. The molecule has 2 heteroatoms. The van der Waals surface area contributed by atoms with E-state index in [9.17, 15) is 0 Å². The lowest BCUT2D eigenvalue weighted by Gasteiger charge is -2.04. The number of hydrogen-bond acceptors (Lipinski definition) is 2. The van der Waals surface area contributed by atoms with Crippen molar-refractivity contribution in [2.75, 3.05) is 0 Å². The first-order valence-electron chi connectivity index (χ1n) is 6.48. The number of allylic oxidation sites excluding steroid dienone is 1. The van der Waals surface area contributed by atoms with Crippen LogP contribution in [0.15, 0.2) is 65.1 Å². The van der Waals surface area contributed by atoms with Crippen molar-refractivity contribution in [3.63, 3.8) is 0 Å². The predicted octanol–water partition coefficient (Wildman–Crippen LogP) is 6.46. The van der Waals surface area contributed by atoms with Crippen LogP contribution in [0.2, 0.25) is 0 Å². The van der Waals surface area contributed by atoms with E-state index in [2.05, 4.69) is 47.5 Å². The highest BCUT2D eigenvalue weighted by Gasteiger charge is 1.99. The Balaban J connectivity index is 0.00000220. The highest BCUT2D eigenvalue weighted by molar-refractivity contribution is 6.00. The lowest BCUT2D eigenvalue weighted by Crippen LogP contribution is -1.94. The van der Waals surface area contributed by atoms with Gasteiger partial charge >= 0.3 is 0 Å². The van der Waals surface area contributed by atoms with Gasteiger partial charge in [0.15, 0.2) is 0 Å². The zero-order chi connectivity index (χ0) is 14.5. The average molecular weight is 294 g/mol. The summed E-state index contributed by atoms with van der Waals surface area (Å²) in [4.78, 5) is 8.48. The second-order valence-electron chi connectivity index (χ2n) is 4.73. The molecule has 0 unspecified atom stereocenters. The Morgan fingerprint density at radius 2 is 1.23 bits per heavy atom. The highest BCUT2D eigenvalue weighted by Crippen LogP contribution is 2.20. The first-order valence-corrected chi connectivity index (χ1v) is 6.48. The summed E-state index contributed by atoms with van der Waals surface area (Å²) in [5.41, 5.74) is 6.09. The SMILES string of the molecule is C.C.C=Nc1ccc(N=C(C)c2ccc(C(=C)C)cc2)cc1. The third-order valence-electron chi connectivity index (χ3n) is 3.12. The average Bonchev–Trinajstić information content (AvgIpc) is 2.48. The number of rotatable bonds is 4. The Kier molecular flexibility index (Phi) is 7.74. The van der Waals surface area contributed by atoms with Crippen LogP contribution in [0, 0.1) is 0 Å². The molecule has 2 aromatic rings. The molecule has 2 rings (SSSR count). The molecular weight excluding hydrogens is 268 g/mol. The van der Waals surface area contributed by atoms with E-state index in [1.165, 1.54) is 0 Å². The van der Waals surface area contributed by atoms with E-state index < -0.39 is 0 Å². The molecule has 0 fully saturated rings. The zero-order valence-corrected chi connectivity index (χ0v) is 11.9. The van der Waals surface area contributed by atoms with Gasteiger partial charge in [0.1, 0.15) is 0 Å². The summed E-state index contributed by atoms with van der Waals surface area (Å²) in [5.74, 6) is 0. The second kappa shape index (κ2) is 8.73. The number of hydrogen-bond donors (Lipinski definition) is 0. The van der Waals surface area contributed by atoms with E-state index in [1.807, 2.05) is 38.1 Å². The van der Waals surface area contributed by atoms with Crippen molar-refractivity contribution in [3.05, 3.63) is 66.2 Å². The maximum Gasteiger partial charge on any atom is 0.0634 e. The molecule has 2 nitrogen and oxygen atoms in total. The summed E-state index contributed by atoms with van der Waals surface area (Å²) in [5, 5.41) is 0. The lowest BCUT2D eigenvalue weighted by atomic mass is 10.0. The molecule has 0 aliphatic carbocycles. The summed E-state index contributed by atoms with van der Waals surface area (Å²) in [6, 6.07) is 16.0. The molecule has 0 heterocycles. The molecule has 0 saturated heterocycles. The second-order valence-corrected chi connectivity index (χ2v) is 4.73. The molecule has 0 radical (unpaired) electrons.